The van der Waals surface area contributed by atoms with E-state index in [0.717, 1.165) is 10.4 Å². The highest BCUT2D eigenvalue weighted by atomic mass is 32.1. The third-order valence-corrected chi connectivity index (χ3v) is 5.86. The molecule has 0 saturated carbocycles. The lowest BCUT2D eigenvalue weighted by molar-refractivity contribution is 0.0733. The van der Waals surface area contributed by atoms with Crippen molar-refractivity contribution < 1.29 is 19.1 Å². The number of carbonyl (C=O) groups excluding carboxylic acids is 2. The topological polar surface area (TPSA) is 52.6 Å². The number of esters is 1. The Morgan fingerprint density at radius 1 is 1.07 bits per heavy atom. The number of ether oxygens (including phenoxy) is 2. The molecule has 152 valence electrons. The third kappa shape index (κ3) is 3.81. The standard InChI is InChI=1S/C25H22O4S/c1-15-20(29-24(27)16-7-9-17(10-8-16)25(2,3)4)12-11-19-22(26)21(28-23(15)19)14-18-6-5-13-30-18/h5-14H,1-4H3/b21-14-. The van der Waals surface area contributed by atoms with Crippen LogP contribution >= 0.6 is 11.3 Å². The number of benzene rings is 2. The number of thiophene rings is 1. The summed E-state index contributed by atoms with van der Waals surface area (Å²) in [6, 6.07) is 14.5. The first kappa shape index (κ1) is 20.1. The number of allylic oxidation sites excluding steroid dienone is 1. The molecule has 1 aliphatic rings. The van der Waals surface area contributed by atoms with Crippen molar-refractivity contribution in [2.24, 2.45) is 0 Å². The number of ketones is 1. The van der Waals surface area contributed by atoms with Gasteiger partial charge < -0.3 is 9.47 Å². The smallest absolute Gasteiger partial charge is 0.343 e. The van der Waals surface area contributed by atoms with Crippen molar-refractivity contribution in [3.63, 3.8) is 0 Å². The van der Waals surface area contributed by atoms with E-state index in [9.17, 15) is 9.59 Å². The van der Waals surface area contributed by atoms with Crippen LogP contribution in [0.2, 0.25) is 0 Å². The molecule has 1 aliphatic heterocycles. The molecule has 5 heteroatoms. The molecule has 0 radical (unpaired) electrons. The summed E-state index contributed by atoms with van der Waals surface area (Å²) >= 11 is 1.53. The molecule has 1 aromatic heterocycles. The van der Waals surface area contributed by atoms with Crippen LogP contribution in [0.3, 0.4) is 0 Å². The number of hydrogen-bond acceptors (Lipinski definition) is 5. The van der Waals surface area contributed by atoms with E-state index in [1.807, 2.05) is 29.6 Å². The van der Waals surface area contributed by atoms with Gasteiger partial charge in [0.05, 0.1) is 11.1 Å². The summed E-state index contributed by atoms with van der Waals surface area (Å²) in [4.78, 5) is 26.2. The number of rotatable bonds is 3. The van der Waals surface area contributed by atoms with E-state index in [1.165, 1.54) is 11.3 Å². The Morgan fingerprint density at radius 2 is 1.80 bits per heavy atom. The molecule has 2 aromatic carbocycles. The molecule has 0 bridgehead atoms. The lowest BCUT2D eigenvalue weighted by Crippen LogP contribution is -2.13. The fourth-order valence-electron chi connectivity index (χ4n) is 3.25. The van der Waals surface area contributed by atoms with E-state index in [4.69, 9.17) is 9.47 Å². The molecule has 0 fully saturated rings. The lowest BCUT2D eigenvalue weighted by atomic mass is 9.87. The van der Waals surface area contributed by atoms with Crippen molar-refractivity contribution in [2.45, 2.75) is 33.1 Å². The minimum absolute atomic E-state index is 0.0111. The fraction of sp³-hybridized carbons (Fsp3) is 0.200. The van der Waals surface area contributed by atoms with E-state index >= 15 is 0 Å². The van der Waals surface area contributed by atoms with Gasteiger partial charge in [-0.3, -0.25) is 4.79 Å². The van der Waals surface area contributed by atoms with Gasteiger partial charge in [0.25, 0.3) is 0 Å². The summed E-state index contributed by atoms with van der Waals surface area (Å²) < 4.78 is 11.4. The van der Waals surface area contributed by atoms with E-state index in [0.29, 0.717) is 28.2 Å². The van der Waals surface area contributed by atoms with Gasteiger partial charge in [-0.25, -0.2) is 4.79 Å². The Labute approximate surface area is 179 Å². The summed E-state index contributed by atoms with van der Waals surface area (Å²) in [7, 11) is 0. The minimum atomic E-state index is -0.447. The number of fused-ring (bicyclic) bond motifs is 1. The van der Waals surface area contributed by atoms with E-state index in [1.54, 1.807) is 37.3 Å². The second-order valence-corrected chi connectivity index (χ2v) is 9.22. The summed E-state index contributed by atoms with van der Waals surface area (Å²) in [6.45, 7) is 8.15. The molecule has 4 nitrogen and oxygen atoms in total. The molecular formula is C25H22O4S. The van der Waals surface area contributed by atoms with Crippen LogP contribution in [0.1, 0.15) is 57.5 Å². The highest BCUT2D eigenvalue weighted by molar-refractivity contribution is 7.10. The van der Waals surface area contributed by atoms with Crippen LogP contribution in [0.15, 0.2) is 59.7 Å². The molecule has 0 amide bonds. The Balaban J connectivity index is 1.56. The van der Waals surface area contributed by atoms with Gasteiger partial charge in [0.2, 0.25) is 5.78 Å². The molecule has 0 spiro atoms. The molecule has 0 aliphatic carbocycles. The number of Topliss-reactive ketones (excluding diaryl/α,β-unsaturated/α-hetero) is 1. The second-order valence-electron chi connectivity index (χ2n) is 8.24. The lowest BCUT2D eigenvalue weighted by Gasteiger charge is -2.19. The summed E-state index contributed by atoms with van der Waals surface area (Å²) in [6.07, 6.45) is 1.73. The second kappa shape index (κ2) is 7.58. The highest BCUT2D eigenvalue weighted by Gasteiger charge is 2.30. The molecule has 30 heavy (non-hydrogen) atoms. The maximum atomic E-state index is 12.6. The third-order valence-electron chi connectivity index (χ3n) is 5.04. The van der Waals surface area contributed by atoms with Gasteiger partial charge in [0, 0.05) is 16.5 Å². The predicted molar refractivity (Wildman–Crippen MR) is 119 cm³/mol. The van der Waals surface area contributed by atoms with Gasteiger partial charge in [0.15, 0.2) is 5.76 Å². The first-order chi connectivity index (χ1) is 14.2. The zero-order valence-electron chi connectivity index (χ0n) is 17.3. The molecular weight excluding hydrogens is 396 g/mol. The van der Waals surface area contributed by atoms with E-state index in [-0.39, 0.29) is 17.0 Å². The molecule has 0 saturated heterocycles. The zero-order chi connectivity index (χ0) is 21.5. The average molecular weight is 419 g/mol. The Hall–Kier alpha value is -3.18. The van der Waals surface area contributed by atoms with Crippen LogP contribution in [0, 0.1) is 6.92 Å². The van der Waals surface area contributed by atoms with Crippen LogP contribution in [-0.2, 0) is 5.41 Å². The Morgan fingerprint density at radius 3 is 2.43 bits per heavy atom. The minimum Gasteiger partial charge on any atom is -0.452 e. The van der Waals surface area contributed by atoms with Crippen molar-refractivity contribution >= 4 is 29.2 Å². The highest BCUT2D eigenvalue weighted by Crippen LogP contribution is 2.39. The van der Waals surface area contributed by atoms with Crippen LogP contribution in [0.25, 0.3) is 6.08 Å². The SMILES string of the molecule is Cc1c(OC(=O)c2ccc(C(C)(C)C)cc2)ccc2c1O/C(=C\c1cccs1)C2=O. The van der Waals surface area contributed by atoms with Gasteiger partial charge in [-0.2, -0.15) is 0 Å². The Bertz CT molecular complexity index is 1150. The molecule has 4 rings (SSSR count). The van der Waals surface area contributed by atoms with Crippen molar-refractivity contribution in [3.8, 4) is 11.5 Å². The number of carbonyl (C=O) groups is 2. The fourth-order valence-corrected chi connectivity index (χ4v) is 3.89. The molecule has 2 heterocycles. The van der Waals surface area contributed by atoms with Gasteiger partial charge >= 0.3 is 5.97 Å². The van der Waals surface area contributed by atoms with Gasteiger partial charge in [-0.1, -0.05) is 39.0 Å². The monoisotopic (exact) mass is 418 g/mol. The van der Waals surface area contributed by atoms with Crippen molar-refractivity contribution in [1.82, 2.24) is 0 Å². The zero-order valence-corrected chi connectivity index (χ0v) is 18.1. The maximum Gasteiger partial charge on any atom is 0.343 e. The summed E-state index contributed by atoms with van der Waals surface area (Å²) in [5, 5.41) is 1.94. The van der Waals surface area contributed by atoms with Gasteiger partial charge in [-0.15, -0.1) is 11.3 Å². The maximum absolute atomic E-state index is 12.6. The normalized spacial score (nSPS) is 14.5. The molecule has 3 aromatic rings. The van der Waals surface area contributed by atoms with E-state index < -0.39 is 5.97 Å². The van der Waals surface area contributed by atoms with Crippen LogP contribution in [0.4, 0.5) is 0 Å². The van der Waals surface area contributed by atoms with Crippen LogP contribution in [0.5, 0.6) is 11.5 Å². The van der Waals surface area contributed by atoms with E-state index in [2.05, 4.69) is 20.8 Å². The first-order valence-corrected chi connectivity index (χ1v) is 10.6. The predicted octanol–water partition coefficient (Wildman–Crippen LogP) is 6.19. The van der Waals surface area contributed by atoms with Crippen LogP contribution in [-0.4, -0.2) is 11.8 Å². The molecule has 0 atom stereocenters. The molecule has 0 N–H and O–H groups in total. The molecule has 0 unspecified atom stereocenters. The average Bonchev–Trinajstić information content (AvgIpc) is 3.33. The van der Waals surface area contributed by atoms with Gasteiger partial charge in [0.1, 0.15) is 11.5 Å². The van der Waals surface area contributed by atoms with Gasteiger partial charge in [-0.05, 0) is 53.6 Å². The van der Waals surface area contributed by atoms with Crippen molar-refractivity contribution in [2.75, 3.05) is 0 Å². The van der Waals surface area contributed by atoms with Crippen molar-refractivity contribution in [3.05, 3.63) is 86.8 Å². The summed E-state index contributed by atoms with van der Waals surface area (Å²) in [5.74, 6) is 0.478. The number of hydrogen-bond donors (Lipinski definition) is 0. The largest absolute Gasteiger partial charge is 0.452 e. The van der Waals surface area contributed by atoms with Crippen molar-refractivity contribution in [1.29, 1.82) is 0 Å². The summed E-state index contributed by atoms with van der Waals surface area (Å²) in [5.41, 5.74) is 2.72. The quantitative estimate of drug-likeness (QED) is 0.289. The first-order valence-electron chi connectivity index (χ1n) is 9.68. The Kier molecular flexibility index (Phi) is 5.08. The van der Waals surface area contributed by atoms with Crippen LogP contribution < -0.4 is 9.47 Å².